The van der Waals surface area contributed by atoms with Crippen LogP contribution in [0.3, 0.4) is 0 Å². The molecular formula is C19H19NO. The summed E-state index contributed by atoms with van der Waals surface area (Å²) in [7, 11) is 0. The molecule has 1 fully saturated rings. The van der Waals surface area contributed by atoms with Gasteiger partial charge in [0.25, 0.3) is 0 Å². The van der Waals surface area contributed by atoms with E-state index >= 15 is 0 Å². The van der Waals surface area contributed by atoms with Gasteiger partial charge < -0.3 is 10.4 Å². The van der Waals surface area contributed by atoms with Crippen molar-refractivity contribution in [1.82, 2.24) is 5.32 Å². The highest BCUT2D eigenvalue weighted by Crippen LogP contribution is 2.30. The summed E-state index contributed by atoms with van der Waals surface area (Å²) >= 11 is 0. The lowest BCUT2D eigenvalue weighted by molar-refractivity contribution is 0.00594. The lowest BCUT2D eigenvalue weighted by atomic mass is 9.85. The molecule has 0 amide bonds. The Hall–Kier alpha value is -2.08. The fourth-order valence-corrected chi connectivity index (χ4v) is 2.66. The first-order valence-electron chi connectivity index (χ1n) is 7.37. The van der Waals surface area contributed by atoms with Crippen molar-refractivity contribution in [1.29, 1.82) is 0 Å². The number of aliphatic hydroxyl groups is 1. The largest absolute Gasteiger partial charge is 0.385 e. The fraction of sp³-hybridized carbons (Fsp3) is 0.263. The first-order valence-corrected chi connectivity index (χ1v) is 7.37. The monoisotopic (exact) mass is 277 g/mol. The Morgan fingerprint density at radius 2 is 1.38 bits per heavy atom. The zero-order chi connectivity index (χ0) is 14.5. The van der Waals surface area contributed by atoms with Gasteiger partial charge in [0.05, 0.1) is 5.60 Å². The van der Waals surface area contributed by atoms with Crippen LogP contribution in [0.15, 0.2) is 54.6 Å². The number of benzene rings is 2. The molecule has 2 aromatic rings. The van der Waals surface area contributed by atoms with Gasteiger partial charge >= 0.3 is 0 Å². The SMILES string of the molecule is OC1(c2ccc(C#Cc3ccccc3)cc2)CCNCC1. The van der Waals surface area contributed by atoms with Crippen LogP contribution >= 0.6 is 0 Å². The second-order valence-corrected chi connectivity index (χ2v) is 5.47. The van der Waals surface area contributed by atoms with Crippen LogP contribution in [0.1, 0.15) is 29.5 Å². The molecule has 1 aliphatic rings. The van der Waals surface area contributed by atoms with Gasteiger partial charge in [-0.3, -0.25) is 0 Å². The Kier molecular flexibility index (Phi) is 4.06. The van der Waals surface area contributed by atoms with Gasteiger partial charge in [0.1, 0.15) is 0 Å². The van der Waals surface area contributed by atoms with Crippen LogP contribution in [0.4, 0.5) is 0 Å². The molecule has 21 heavy (non-hydrogen) atoms. The van der Waals surface area contributed by atoms with Crippen LogP contribution in [-0.4, -0.2) is 18.2 Å². The molecule has 2 heteroatoms. The van der Waals surface area contributed by atoms with E-state index in [0.29, 0.717) is 0 Å². The summed E-state index contributed by atoms with van der Waals surface area (Å²) in [4.78, 5) is 0. The third kappa shape index (κ3) is 3.33. The third-order valence-corrected chi connectivity index (χ3v) is 3.98. The van der Waals surface area contributed by atoms with E-state index < -0.39 is 5.60 Å². The minimum absolute atomic E-state index is 0.684. The van der Waals surface area contributed by atoms with Crippen molar-refractivity contribution in [3.05, 3.63) is 71.3 Å². The maximum Gasteiger partial charge on any atom is 0.0920 e. The van der Waals surface area contributed by atoms with Crippen LogP contribution in [0.5, 0.6) is 0 Å². The molecule has 1 saturated heterocycles. The highest BCUT2D eigenvalue weighted by Gasteiger charge is 2.30. The third-order valence-electron chi connectivity index (χ3n) is 3.98. The lowest BCUT2D eigenvalue weighted by Crippen LogP contribution is -2.39. The molecule has 1 heterocycles. The van der Waals surface area contributed by atoms with Gasteiger partial charge in [0.2, 0.25) is 0 Å². The fourth-order valence-electron chi connectivity index (χ4n) is 2.66. The van der Waals surface area contributed by atoms with Crippen molar-refractivity contribution < 1.29 is 5.11 Å². The van der Waals surface area contributed by atoms with Crippen molar-refractivity contribution in [3.8, 4) is 11.8 Å². The molecule has 2 aromatic carbocycles. The van der Waals surface area contributed by atoms with Gasteiger partial charge in [-0.1, -0.05) is 42.2 Å². The van der Waals surface area contributed by atoms with E-state index in [9.17, 15) is 5.11 Å². The van der Waals surface area contributed by atoms with E-state index in [1.807, 2.05) is 54.6 Å². The molecule has 0 aliphatic carbocycles. The quantitative estimate of drug-likeness (QED) is 0.785. The van der Waals surface area contributed by atoms with Gasteiger partial charge in [-0.25, -0.2) is 0 Å². The summed E-state index contributed by atoms with van der Waals surface area (Å²) < 4.78 is 0. The van der Waals surface area contributed by atoms with E-state index in [1.165, 1.54) is 0 Å². The van der Waals surface area contributed by atoms with E-state index in [0.717, 1.165) is 42.6 Å². The van der Waals surface area contributed by atoms with Crippen molar-refractivity contribution in [2.45, 2.75) is 18.4 Å². The molecule has 2 N–H and O–H groups in total. The Morgan fingerprint density at radius 1 is 0.810 bits per heavy atom. The minimum Gasteiger partial charge on any atom is -0.385 e. The molecule has 106 valence electrons. The van der Waals surface area contributed by atoms with Crippen molar-refractivity contribution >= 4 is 0 Å². The van der Waals surface area contributed by atoms with E-state index in [4.69, 9.17) is 0 Å². The predicted octanol–water partition coefficient (Wildman–Crippen LogP) is 2.66. The second-order valence-electron chi connectivity index (χ2n) is 5.47. The van der Waals surface area contributed by atoms with Crippen LogP contribution in [0.2, 0.25) is 0 Å². The summed E-state index contributed by atoms with van der Waals surface area (Å²) in [5.41, 5.74) is 2.30. The Bertz CT molecular complexity index is 643. The van der Waals surface area contributed by atoms with Crippen molar-refractivity contribution in [2.75, 3.05) is 13.1 Å². The van der Waals surface area contributed by atoms with Crippen molar-refractivity contribution in [3.63, 3.8) is 0 Å². The van der Waals surface area contributed by atoms with E-state index in [-0.39, 0.29) is 0 Å². The van der Waals surface area contributed by atoms with Gasteiger partial charge in [0, 0.05) is 11.1 Å². The highest BCUT2D eigenvalue weighted by molar-refractivity contribution is 5.43. The topological polar surface area (TPSA) is 32.3 Å². The smallest absolute Gasteiger partial charge is 0.0920 e. The van der Waals surface area contributed by atoms with E-state index in [2.05, 4.69) is 17.2 Å². The average molecular weight is 277 g/mol. The summed E-state index contributed by atoms with van der Waals surface area (Å²) in [6.45, 7) is 1.73. The molecule has 3 rings (SSSR count). The van der Waals surface area contributed by atoms with E-state index in [1.54, 1.807) is 0 Å². The summed E-state index contributed by atoms with van der Waals surface area (Å²) in [6, 6.07) is 17.9. The van der Waals surface area contributed by atoms with Gasteiger partial charge in [-0.05, 0) is 55.8 Å². The lowest BCUT2D eigenvalue weighted by Gasteiger charge is -2.33. The predicted molar refractivity (Wildman–Crippen MR) is 84.9 cm³/mol. The number of rotatable bonds is 1. The van der Waals surface area contributed by atoms with Gasteiger partial charge in [-0.15, -0.1) is 0 Å². The molecule has 0 radical (unpaired) electrons. The zero-order valence-corrected chi connectivity index (χ0v) is 12.0. The number of piperidine rings is 1. The molecule has 0 saturated carbocycles. The molecule has 0 aromatic heterocycles. The van der Waals surface area contributed by atoms with Crippen LogP contribution in [-0.2, 0) is 5.60 Å². The maximum atomic E-state index is 10.7. The molecule has 0 bridgehead atoms. The first kappa shape index (κ1) is 13.9. The Balaban J connectivity index is 1.77. The van der Waals surface area contributed by atoms with Crippen LogP contribution < -0.4 is 5.32 Å². The number of hydrogen-bond donors (Lipinski definition) is 2. The molecule has 0 unspecified atom stereocenters. The van der Waals surface area contributed by atoms with Gasteiger partial charge in [-0.2, -0.15) is 0 Å². The zero-order valence-electron chi connectivity index (χ0n) is 12.0. The summed E-state index contributed by atoms with van der Waals surface area (Å²) in [6.07, 6.45) is 1.53. The standard InChI is InChI=1S/C19H19NO/c21-19(12-14-20-15-13-19)18-10-8-17(9-11-18)7-6-16-4-2-1-3-5-16/h1-5,8-11,20-21H,12-15H2. The number of hydrogen-bond acceptors (Lipinski definition) is 2. The van der Waals surface area contributed by atoms with Crippen molar-refractivity contribution in [2.24, 2.45) is 0 Å². The first-order chi connectivity index (χ1) is 10.3. The minimum atomic E-state index is -0.684. The maximum absolute atomic E-state index is 10.7. The highest BCUT2D eigenvalue weighted by atomic mass is 16.3. The second kappa shape index (κ2) is 6.13. The summed E-state index contributed by atoms with van der Waals surface area (Å²) in [5.74, 6) is 6.31. The molecule has 1 aliphatic heterocycles. The van der Waals surface area contributed by atoms with Crippen LogP contribution in [0, 0.1) is 11.8 Å². The van der Waals surface area contributed by atoms with Crippen LogP contribution in [0.25, 0.3) is 0 Å². The molecular weight excluding hydrogens is 258 g/mol. The molecule has 0 spiro atoms. The van der Waals surface area contributed by atoms with Gasteiger partial charge in [0.15, 0.2) is 0 Å². The number of nitrogens with one attached hydrogen (secondary N) is 1. The molecule has 0 atom stereocenters. The Morgan fingerprint density at radius 3 is 2.00 bits per heavy atom. The Labute approximate surface area is 125 Å². The average Bonchev–Trinajstić information content (AvgIpc) is 2.55. The summed E-state index contributed by atoms with van der Waals surface area (Å²) in [5, 5.41) is 13.9. The normalized spacial score (nSPS) is 16.8. The molecule has 2 nitrogen and oxygen atoms in total.